The third-order valence-electron chi connectivity index (χ3n) is 4.85. The number of carbonyl (C=O) groups is 1. The van der Waals surface area contributed by atoms with Gasteiger partial charge in [0, 0.05) is 27.2 Å². The highest BCUT2D eigenvalue weighted by atomic mass is 79.9. The van der Waals surface area contributed by atoms with Crippen LogP contribution in [0.15, 0.2) is 51.6 Å². The molecule has 9 heteroatoms. The van der Waals surface area contributed by atoms with E-state index in [2.05, 4.69) is 41.3 Å². The van der Waals surface area contributed by atoms with Crippen LogP contribution in [0.3, 0.4) is 0 Å². The molecule has 1 aliphatic heterocycles. The van der Waals surface area contributed by atoms with Gasteiger partial charge in [0.1, 0.15) is 5.82 Å². The Hall–Kier alpha value is -2.29. The Morgan fingerprint density at radius 1 is 1.28 bits per heavy atom. The number of hydrogen-bond acceptors (Lipinski definition) is 6. The van der Waals surface area contributed by atoms with E-state index in [0.717, 1.165) is 36.0 Å². The van der Waals surface area contributed by atoms with E-state index in [1.54, 1.807) is 24.4 Å². The lowest BCUT2D eigenvalue weighted by molar-refractivity contribution is -0.121. The Labute approximate surface area is 181 Å². The fourth-order valence-corrected chi connectivity index (χ4v) is 3.71. The molecule has 29 heavy (non-hydrogen) atoms. The zero-order valence-electron chi connectivity index (χ0n) is 15.5. The summed E-state index contributed by atoms with van der Waals surface area (Å²) in [5.74, 6) is 1.64. The summed E-state index contributed by atoms with van der Waals surface area (Å²) >= 11 is 9.36. The van der Waals surface area contributed by atoms with Crippen LogP contribution < -0.4 is 5.32 Å². The largest absolute Gasteiger partial charge is 0.338 e. The minimum Gasteiger partial charge on any atom is -0.338 e. The second kappa shape index (κ2) is 9.02. The van der Waals surface area contributed by atoms with Gasteiger partial charge in [-0.2, -0.15) is 4.98 Å². The molecule has 0 atom stereocenters. The number of benzene rings is 1. The van der Waals surface area contributed by atoms with Gasteiger partial charge in [0.25, 0.3) is 0 Å². The molecular formula is C20H19BrClN5O2. The van der Waals surface area contributed by atoms with Gasteiger partial charge in [0.2, 0.25) is 17.6 Å². The van der Waals surface area contributed by atoms with Crippen LogP contribution in [0, 0.1) is 5.92 Å². The second-order valence-electron chi connectivity index (χ2n) is 6.92. The van der Waals surface area contributed by atoms with Crippen molar-refractivity contribution in [3.8, 4) is 11.4 Å². The third-order valence-corrected chi connectivity index (χ3v) is 5.55. The van der Waals surface area contributed by atoms with Crippen LogP contribution in [0.5, 0.6) is 0 Å². The van der Waals surface area contributed by atoms with Crippen LogP contribution in [0.2, 0.25) is 5.02 Å². The van der Waals surface area contributed by atoms with Gasteiger partial charge in [-0.15, -0.1) is 0 Å². The fourth-order valence-electron chi connectivity index (χ4n) is 3.29. The number of nitrogens with one attached hydrogen (secondary N) is 1. The molecule has 4 rings (SSSR count). The molecule has 3 aromatic rings. The molecule has 1 fully saturated rings. The minimum absolute atomic E-state index is 0.0144. The fraction of sp³-hybridized carbons (Fsp3) is 0.300. The van der Waals surface area contributed by atoms with Crippen molar-refractivity contribution < 1.29 is 9.32 Å². The lowest BCUT2D eigenvalue weighted by Crippen LogP contribution is -2.37. The van der Waals surface area contributed by atoms with Gasteiger partial charge in [-0.3, -0.25) is 9.69 Å². The minimum atomic E-state index is -0.0265. The van der Waals surface area contributed by atoms with Crippen molar-refractivity contribution in [2.24, 2.45) is 5.92 Å². The molecule has 1 saturated heterocycles. The number of pyridine rings is 1. The highest BCUT2D eigenvalue weighted by molar-refractivity contribution is 9.10. The highest BCUT2D eigenvalue weighted by Crippen LogP contribution is 2.23. The highest BCUT2D eigenvalue weighted by Gasteiger charge is 2.26. The van der Waals surface area contributed by atoms with E-state index in [-0.39, 0.29) is 11.8 Å². The normalized spacial score (nSPS) is 15.4. The van der Waals surface area contributed by atoms with E-state index < -0.39 is 0 Å². The number of amides is 1. The van der Waals surface area contributed by atoms with E-state index in [4.69, 9.17) is 16.1 Å². The molecular weight excluding hydrogens is 458 g/mol. The summed E-state index contributed by atoms with van der Waals surface area (Å²) in [5, 5.41) is 7.56. The van der Waals surface area contributed by atoms with Crippen molar-refractivity contribution in [2.45, 2.75) is 19.4 Å². The maximum Gasteiger partial charge on any atom is 0.241 e. The predicted molar refractivity (Wildman–Crippen MR) is 113 cm³/mol. The summed E-state index contributed by atoms with van der Waals surface area (Å²) in [6.45, 7) is 2.15. The summed E-state index contributed by atoms with van der Waals surface area (Å²) in [7, 11) is 0. The standard InChI is InChI=1S/C20H19BrClN5O2/c21-15-4-5-17(23-11-15)24-20(28)13-6-8-27(9-7-13)12-18-25-19(26-29-18)14-2-1-3-16(22)10-14/h1-5,10-11,13H,6-9,12H2,(H,23,24,28). The zero-order valence-corrected chi connectivity index (χ0v) is 17.9. The number of rotatable bonds is 5. The van der Waals surface area contributed by atoms with Crippen LogP contribution in [-0.4, -0.2) is 39.0 Å². The van der Waals surface area contributed by atoms with Gasteiger partial charge >= 0.3 is 0 Å². The Balaban J connectivity index is 1.29. The second-order valence-corrected chi connectivity index (χ2v) is 8.28. The Kier molecular flexibility index (Phi) is 6.22. The first kappa shape index (κ1) is 20.0. The van der Waals surface area contributed by atoms with Gasteiger partial charge in [-0.25, -0.2) is 4.98 Å². The molecule has 0 spiro atoms. The summed E-state index contributed by atoms with van der Waals surface area (Å²) in [6, 6.07) is 11.0. The van der Waals surface area contributed by atoms with E-state index in [1.165, 1.54) is 0 Å². The van der Waals surface area contributed by atoms with Crippen LogP contribution >= 0.6 is 27.5 Å². The molecule has 0 radical (unpaired) electrons. The first-order valence-corrected chi connectivity index (χ1v) is 10.5. The molecule has 0 aliphatic carbocycles. The van der Waals surface area contributed by atoms with Crippen molar-refractivity contribution in [1.82, 2.24) is 20.0 Å². The molecule has 7 nitrogen and oxygen atoms in total. The van der Waals surface area contributed by atoms with E-state index in [0.29, 0.717) is 29.1 Å². The monoisotopic (exact) mass is 475 g/mol. The van der Waals surface area contributed by atoms with Crippen molar-refractivity contribution in [3.63, 3.8) is 0 Å². The number of nitrogens with zero attached hydrogens (tertiary/aromatic N) is 4. The number of piperidine rings is 1. The Bertz CT molecular complexity index is 987. The summed E-state index contributed by atoms with van der Waals surface area (Å²) in [5.41, 5.74) is 0.824. The van der Waals surface area contributed by atoms with Gasteiger partial charge in [0.05, 0.1) is 6.54 Å². The quantitative estimate of drug-likeness (QED) is 0.588. The smallest absolute Gasteiger partial charge is 0.241 e. The first-order chi connectivity index (χ1) is 14.1. The number of halogens is 2. The van der Waals surface area contributed by atoms with E-state index in [9.17, 15) is 4.79 Å². The molecule has 1 aromatic carbocycles. The Morgan fingerprint density at radius 3 is 2.83 bits per heavy atom. The third kappa shape index (κ3) is 5.20. The molecule has 0 bridgehead atoms. The topological polar surface area (TPSA) is 84.2 Å². The molecule has 1 amide bonds. The zero-order chi connectivity index (χ0) is 20.2. The Morgan fingerprint density at radius 2 is 2.10 bits per heavy atom. The van der Waals surface area contributed by atoms with Crippen molar-refractivity contribution in [2.75, 3.05) is 18.4 Å². The number of likely N-dealkylation sites (tertiary alicyclic amines) is 1. The van der Waals surface area contributed by atoms with Crippen LogP contribution in [0.25, 0.3) is 11.4 Å². The SMILES string of the molecule is O=C(Nc1ccc(Br)cn1)C1CCN(Cc2nc(-c3cccc(Cl)c3)no2)CC1. The van der Waals surface area contributed by atoms with Gasteiger partial charge in [0.15, 0.2) is 0 Å². The number of anilines is 1. The molecule has 1 N–H and O–H groups in total. The van der Waals surface area contributed by atoms with Gasteiger partial charge < -0.3 is 9.84 Å². The van der Waals surface area contributed by atoms with Crippen LogP contribution in [0.1, 0.15) is 18.7 Å². The van der Waals surface area contributed by atoms with E-state index in [1.807, 2.05) is 18.2 Å². The van der Waals surface area contributed by atoms with Gasteiger partial charge in [-0.1, -0.05) is 28.9 Å². The summed E-state index contributed by atoms with van der Waals surface area (Å²) in [4.78, 5) is 23.3. The lowest BCUT2D eigenvalue weighted by atomic mass is 9.96. The molecule has 150 valence electrons. The number of aromatic nitrogens is 3. The van der Waals surface area contributed by atoms with Crippen molar-refractivity contribution in [1.29, 1.82) is 0 Å². The average molecular weight is 477 g/mol. The van der Waals surface area contributed by atoms with E-state index >= 15 is 0 Å². The predicted octanol–water partition coefficient (Wildman–Crippen LogP) is 4.40. The van der Waals surface area contributed by atoms with Crippen LogP contribution in [-0.2, 0) is 11.3 Å². The maximum atomic E-state index is 12.5. The lowest BCUT2D eigenvalue weighted by Gasteiger charge is -2.30. The van der Waals surface area contributed by atoms with Crippen molar-refractivity contribution >= 4 is 39.3 Å². The van der Waals surface area contributed by atoms with Crippen molar-refractivity contribution in [3.05, 3.63) is 58.0 Å². The number of hydrogen-bond donors (Lipinski definition) is 1. The average Bonchev–Trinajstić information content (AvgIpc) is 3.19. The first-order valence-electron chi connectivity index (χ1n) is 9.30. The molecule has 0 unspecified atom stereocenters. The summed E-state index contributed by atoms with van der Waals surface area (Å²) in [6.07, 6.45) is 3.22. The number of carbonyl (C=O) groups excluding carboxylic acids is 1. The molecule has 0 saturated carbocycles. The molecule has 2 aromatic heterocycles. The van der Waals surface area contributed by atoms with Gasteiger partial charge in [-0.05, 0) is 66.1 Å². The molecule has 1 aliphatic rings. The summed E-state index contributed by atoms with van der Waals surface area (Å²) < 4.78 is 6.27. The molecule has 3 heterocycles. The maximum absolute atomic E-state index is 12.5. The van der Waals surface area contributed by atoms with Crippen LogP contribution in [0.4, 0.5) is 5.82 Å².